The van der Waals surface area contributed by atoms with Crippen molar-refractivity contribution in [2.75, 3.05) is 27.7 Å². The second-order valence-electron chi connectivity index (χ2n) is 20.7. The van der Waals surface area contributed by atoms with E-state index in [1.165, 1.54) is 27.8 Å². The van der Waals surface area contributed by atoms with Crippen LogP contribution in [0.3, 0.4) is 0 Å². The van der Waals surface area contributed by atoms with E-state index in [2.05, 4.69) is 78.9 Å². The van der Waals surface area contributed by atoms with Gasteiger partial charge in [-0.3, -0.25) is 24.1 Å². The summed E-state index contributed by atoms with van der Waals surface area (Å²) in [6, 6.07) is 14.3. The minimum absolute atomic E-state index is 0.0102. The van der Waals surface area contributed by atoms with Gasteiger partial charge in [0.05, 0.1) is 18.1 Å². The van der Waals surface area contributed by atoms with Crippen LogP contribution in [0.4, 0.5) is 0 Å². The molecule has 0 aliphatic carbocycles. The predicted octanol–water partition coefficient (Wildman–Crippen LogP) is 7.88. The maximum Gasteiger partial charge on any atom is 0.245 e. The van der Waals surface area contributed by atoms with Crippen LogP contribution >= 0.6 is 0 Å². The summed E-state index contributed by atoms with van der Waals surface area (Å²) in [5, 5.41) is 9.53. The summed E-state index contributed by atoms with van der Waals surface area (Å²) in [7, 11) is 5.66. The molecule has 0 radical (unpaired) electrons. The Kier molecular flexibility index (Phi) is 18.2. The molecule has 2 aliphatic rings. The Morgan fingerprint density at radius 3 is 1.56 bits per heavy atom. The lowest BCUT2D eigenvalue weighted by Crippen LogP contribution is -2.59. The number of allylic oxidation sites excluding steroid dienone is 2. The highest BCUT2D eigenvalue weighted by molar-refractivity contribution is 5.92. The van der Waals surface area contributed by atoms with E-state index in [-0.39, 0.29) is 59.6 Å². The molecule has 10 heteroatoms. The van der Waals surface area contributed by atoms with E-state index in [9.17, 15) is 19.2 Å². The number of rotatable bonds is 12. The van der Waals surface area contributed by atoms with Crippen molar-refractivity contribution in [1.29, 1.82) is 0 Å². The Morgan fingerprint density at radius 2 is 1.11 bits per heavy atom. The fraction of sp³-hybridized carbons (Fsp3) is 0.608. The van der Waals surface area contributed by atoms with Crippen molar-refractivity contribution in [1.82, 2.24) is 30.7 Å². The van der Waals surface area contributed by atoms with Gasteiger partial charge in [0.1, 0.15) is 18.1 Å². The number of fused-ring (bicyclic) bond motifs is 2. The van der Waals surface area contributed by atoms with E-state index < -0.39 is 22.9 Å². The zero-order chi connectivity index (χ0) is 46.1. The Morgan fingerprint density at radius 1 is 0.689 bits per heavy atom. The first kappa shape index (κ1) is 51.1. The molecule has 0 spiro atoms. The van der Waals surface area contributed by atoms with Crippen LogP contribution < -0.4 is 16.0 Å². The number of likely N-dealkylation sites (N-methyl/N-ethyl adjacent to an activating group) is 3. The summed E-state index contributed by atoms with van der Waals surface area (Å²) >= 11 is 0. The van der Waals surface area contributed by atoms with Crippen LogP contribution in [0.1, 0.15) is 125 Å². The lowest BCUT2D eigenvalue weighted by molar-refractivity contribution is -0.141. The van der Waals surface area contributed by atoms with Crippen molar-refractivity contribution in [3.05, 3.63) is 94.1 Å². The van der Waals surface area contributed by atoms with Gasteiger partial charge in [-0.05, 0) is 92.5 Å². The summed E-state index contributed by atoms with van der Waals surface area (Å²) < 4.78 is 0. The molecule has 0 bridgehead atoms. The highest BCUT2D eigenvalue weighted by Gasteiger charge is 2.41. The molecule has 2 heterocycles. The molecule has 4 rings (SSSR count). The normalized spacial score (nSPS) is 18.5. The Labute approximate surface area is 369 Å². The van der Waals surface area contributed by atoms with Crippen LogP contribution in [0.5, 0.6) is 0 Å². The number of hydrogen-bond acceptors (Lipinski definition) is 6. The first-order valence-electron chi connectivity index (χ1n) is 22.3. The SMILES string of the molecule is CC(C)=C[C@H](C(C)C)N(C)C(=O)[C@@H](NC(=O)C1Cc2ccccc2CN1)C(C)(C)C.CC(C)=C[C@H](C(C)C)N(C)C(=O)[C@@H](NC(=O)C1c2ccccc2CCN1C)C(C)(C)C. The lowest BCUT2D eigenvalue weighted by atomic mass is 9.84. The average molecular weight is 841 g/mol. The number of amides is 4. The van der Waals surface area contributed by atoms with Gasteiger partial charge in [-0.15, -0.1) is 0 Å². The van der Waals surface area contributed by atoms with E-state index >= 15 is 0 Å². The summed E-state index contributed by atoms with van der Waals surface area (Å²) in [4.78, 5) is 59.4. The summed E-state index contributed by atoms with van der Waals surface area (Å²) in [6.45, 7) is 30.2. The second-order valence-corrected chi connectivity index (χ2v) is 20.7. The van der Waals surface area contributed by atoms with Gasteiger partial charge >= 0.3 is 0 Å². The Hall–Kier alpha value is -4.28. The number of carbonyl (C=O) groups is 4. The van der Waals surface area contributed by atoms with Gasteiger partial charge in [-0.1, -0.05) is 141 Å². The molecular weight excluding hydrogens is 761 g/mol. The fourth-order valence-corrected chi connectivity index (χ4v) is 8.32. The first-order valence-corrected chi connectivity index (χ1v) is 22.3. The second kappa shape index (κ2) is 21.7. The number of benzene rings is 2. The maximum atomic E-state index is 13.6. The van der Waals surface area contributed by atoms with Gasteiger partial charge < -0.3 is 25.8 Å². The van der Waals surface area contributed by atoms with Crippen molar-refractivity contribution in [2.45, 2.75) is 153 Å². The van der Waals surface area contributed by atoms with Crippen LogP contribution in [0.25, 0.3) is 0 Å². The van der Waals surface area contributed by atoms with Crippen LogP contribution in [0.15, 0.2) is 71.8 Å². The zero-order valence-corrected chi connectivity index (χ0v) is 40.7. The molecule has 338 valence electrons. The molecule has 4 amide bonds. The Balaban J connectivity index is 0.000000325. The molecular formula is C51H80N6O4. The van der Waals surface area contributed by atoms with Gasteiger partial charge in [0.2, 0.25) is 23.6 Å². The van der Waals surface area contributed by atoms with E-state index in [4.69, 9.17) is 0 Å². The monoisotopic (exact) mass is 841 g/mol. The molecule has 0 fully saturated rings. The molecule has 61 heavy (non-hydrogen) atoms. The molecule has 2 aliphatic heterocycles. The number of carbonyl (C=O) groups excluding carboxylic acids is 4. The molecule has 0 saturated carbocycles. The Bertz CT molecular complexity index is 1880. The van der Waals surface area contributed by atoms with Crippen LogP contribution in [0.2, 0.25) is 0 Å². The quantitative estimate of drug-likeness (QED) is 0.188. The van der Waals surface area contributed by atoms with E-state index in [1.807, 2.05) is 121 Å². The topological polar surface area (TPSA) is 114 Å². The third-order valence-corrected chi connectivity index (χ3v) is 11.9. The van der Waals surface area contributed by atoms with E-state index in [0.717, 1.165) is 18.5 Å². The van der Waals surface area contributed by atoms with Gasteiger partial charge in [-0.25, -0.2) is 0 Å². The van der Waals surface area contributed by atoms with Crippen molar-refractivity contribution < 1.29 is 19.2 Å². The molecule has 2 aromatic carbocycles. The molecule has 3 N–H and O–H groups in total. The van der Waals surface area contributed by atoms with Crippen LogP contribution in [0, 0.1) is 22.7 Å². The van der Waals surface area contributed by atoms with Crippen molar-refractivity contribution in [2.24, 2.45) is 22.7 Å². The summed E-state index contributed by atoms with van der Waals surface area (Å²) in [6.07, 6.45) is 5.83. The van der Waals surface area contributed by atoms with Gasteiger partial charge in [0.25, 0.3) is 0 Å². The van der Waals surface area contributed by atoms with Gasteiger partial charge in [-0.2, -0.15) is 0 Å². The molecule has 2 aromatic rings. The minimum atomic E-state index is -0.612. The third-order valence-electron chi connectivity index (χ3n) is 11.9. The van der Waals surface area contributed by atoms with Crippen molar-refractivity contribution in [3.63, 3.8) is 0 Å². The summed E-state index contributed by atoms with van der Waals surface area (Å²) in [5.41, 5.74) is 6.19. The van der Waals surface area contributed by atoms with Crippen LogP contribution in [-0.4, -0.2) is 96.2 Å². The largest absolute Gasteiger partial charge is 0.342 e. The maximum absolute atomic E-state index is 13.6. The number of nitrogens with one attached hydrogen (secondary N) is 3. The van der Waals surface area contributed by atoms with Gasteiger partial charge in [0, 0.05) is 27.2 Å². The average Bonchev–Trinajstić information content (AvgIpc) is 3.17. The smallest absolute Gasteiger partial charge is 0.245 e. The van der Waals surface area contributed by atoms with Crippen molar-refractivity contribution >= 4 is 23.6 Å². The molecule has 0 saturated heterocycles. The summed E-state index contributed by atoms with van der Waals surface area (Å²) in [5.74, 6) is 0.222. The van der Waals surface area contributed by atoms with E-state index in [1.54, 1.807) is 9.80 Å². The standard InChI is InChI=1S/C26H41N3O2.C25H39N3O2/c1-17(2)16-21(18(3)4)29(9)25(31)23(26(5,6)7)27-24(30)22-20-13-11-10-12-19(20)14-15-28(22)8;1-16(2)13-21(17(3)4)28(8)24(30)22(25(5,6)7)27-23(29)20-14-18-11-9-10-12-19(18)15-26-20/h10-13,16,18,21-23H,14-15H2,1-9H3,(H,27,30);9-13,17,20-22,26H,14-15H2,1-8H3,(H,27,29)/t21-,22?,23-;20?,21-,22-/m11/s1. The van der Waals surface area contributed by atoms with E-state index in [0.29, 0.717) is 13.0 Å². The molecule has 10 nitrogen and oxygen atoms in total. The predicted molar refractivity (Wildman–Crippen MR) is 251 cm³/mol. The fourth-order valence-electron chi connectivity index (χ4n) is 8.32. The van der Waals surface area contributed by atoms with Gasteiger partial charge in [0.15, 0.2) is 0 Å². The molecule has 0 aromatic heterocycles. The molecule has 2 unspecified atom stereocenters. The minimum Gasteiger partial charge on any atom is -0.342 e. The lowest BCUT2D eigenvalue weighted by Gasteiger charge is -2.39. The highest BCUT2D eigenvalue weighted by Crippen LogP contribution is 2.31. The number of nitrogens with zero attached hydrogens (tertiary/aromatic N) is 3. The number of hydrogen-bond donors (Lipinski definition) is 3. The van der Waals surface area contributed by atoms with Crippen molar-refractivity contribution in [3.8, 4) is 0 Å². The zero-order valence-electron chi connectivity index (χ0n) is 40.7. The first-order chi connectivity index (χ1) is 28.3. The van der Waals surface area contributed by atoms with Crippen LogP contribution in [-0.2, 0) is 38.6 Å². The third kappa shape index (κ3) is 13.9. The molecule has 6 atom stereocenters. The highest BCUT2D eigenvalue weighted by atomic mass is 16.2.